The van der Waals surface area contributed by atoms with Crippen LogP contribution < -0.4 is 4.72 Å². The van der Waals surface area contributed by atoms with Crippen molar-refractivity contribution in [3.8, 4) is 0 Å². The summed E-state index contributed by atoms with van der Waals surface area (Å²) in [5.41, 5.74) is 1.18. The second-order valence-corrected chi connectivity index (χ2v) is 7.52. The van der Waals surface area contributed by atoms with Crippen LogP contribution in [0.1, 0.15) is 48.0 Å². The normalized spacial score (nSPS) is 19.4. The third-order valence-corrected chi connectivity index (χ3v) is 4.64. The average Bonchev–Trinajstić information content (AvgIpc) is 2.85. The third kappa shape index (κ3) is 3.86. The molecule has 1 aromatic heterocycles. The number of piperidine rings is 1. The average molecular weight is 329 g/mol. The molecule has 2 heterocycles. The van der Waals surface area contributed by atoms with Gasteiger partial charge in [0.25, 0.3) is 5.91 Å². The lowest BCUT2D eigenvalue weighted by atomic mass is 10.00. The zero-order valence-electron chi connectivity index (χ0n) is 13.3. The van der Waals surface area contributed by atoms with E-state index in [9.17, 15) is 13.2 Å². The van der Waals surface area contributed by atoms with Gasteiger partial charge in [0, 0.05) is 19.1 Å². The van der Waals surface area contributed by atoms with Crippen LogP contribution in [0.2, 0.25) is 0 Å². The van der Waals surface area contributed by atoms with Gasteiger partial charge in [-0.2, -0.15) is 0 Å². The maximum absolute atomic E-state index is 12.8. The summed E-state index contributed by atoms with van der Waals surface area (Å²) in [7, 11) is -3.27. The van der Waals surface area contributed by atoms with Crippen molar-refractivity contribution in [3.05, 3.63) is 17.0 Å². The molecule has 0 bridgehead atoms. The van der Waals surface area contributed by atoms with E-state index in [4.69, 9.17) is 4.52 Å². The molecule has 0 unspecified atom stereocenters. The number of hydrogen-bond donors (Lipinski definition) is 1. The number of aryl methyl sites for hydroxylation is 2. The first-order valence-corrected chi connectivity index (χ1v) is 9.43. The van der Waals surface area contributed by atoms with Crippen LogP contribution >= 0.6 is 0 Å². The van der Waals surface area contributed by atoms with Crippen molar-refractivity contribution >= 4 is 15.9 Å². The fraction of sp³-hybridized carbons (Fsp3) is 0.714. The van der Waals surface area contributed by atoms with Gasteiger partial charge in [-0.15, -0.1) is 0 Å². The van der Waals surface area contributed by atoms with E-state index in [0.29, 0.717) is 30.0 Å². The molecule has 1 saturated heterocycles. The van der Waals surface area contributed by atoms with Crippen molar-refractivity contribution in [2.75, 3.05) is 19.3 Å². The summed E-state index contributed by atoms with van der Waals surface area (Å²) in [4.78, 5) is 14.6. The van der Waals surface area contributed by atoms with E-state index in [-0.39, 0.29) is 18.5 Å². The first kappa shape index (κ1) is 17.0. The Kier molecular flexibility index (Phi) is 5.23. The van der Waals surface area contributed by atoms with Crippen molar-refractivity contribution in [2.24, 2.45) is 0 Å². The van der Waals surface area contributed by atoms with E-state index in [0.717, 1.165) is 25.5 Å². The van der Waals surface area contributed by atoms with E-state index in [1.807, 2.05) is 6.92 Å². The fourth-order valence-electron chi connectivity index (χ4n) is 2.80. The molecule has 0 aromatic carbocycles. The molecule has 8 heteroatoms. The number of aromatic nitrogens is 1. The Balaban J connectivity index is 2.19. The summed E-state index contributed by atoms with van der Waals surface area (Å²) in [6.07, 6.45) is 4.45. The van der Waals surface area contributed by atoms with Crippen LogP contribution in [-0.4, -0.2) is 49.8 Å². The van der Waals surface area contributed by atoms with Crippen LogP contribution in [-0.2, 0) is 16.4 Å². The minimum Gasteiger partial charge on any atom is -0.361 e. The molecule has 2 rings (SSSR count). The molecule has 1 amide bonds. The molecule has 1 atom stereocenters. The van der Waals surface area contributed by atoms with Gasteiger partial charge >= 0.3 is 0 Å². The molecule has 0 radical (unpaired) electrons. The molecule has 1 fully saturated rings. The minimum absolute atomic E-state index is 0.115. The highest BCUT2D eigenvalue weighted by atomic mass is 32.2. The molecule has 1 aromatic rings. The SMILES string of the molecule is CCc1noc(C)c1C(=O)N1CCCC[C@H]1CNS(C)(=O)=O. The summed E-state index contributed by atoms with van der Waals surface area (Å²) in [6.45, 7) is 4.53. The van der Waals surface area contributed by atoms with Gasteiger partial charge in [0.1, 0.15) is 11.3 Å². The molecular weight excluding hydrogens is 306 g/mol. The van der Waals surface area contributed by atoms with Crippen molar-refractivity contribution in [2.45, 2.75) is 45.6 Å². The van der Waals surface area contributed by atoms with E-state index < -0.39 is 10.0 Å². The zero-order chi connectivity index (χ0) is 16.3. The van der Waals surface area contributed by atoms with E-state index >= 15 is 0 Å². The second kappa shape index (κ2) is 6.78. The van der Waals surface area contributed by atoms with Crippen LogP contribution in [0.25, 0.3) is 0 Å². The van der Waals surface area contributed by atoms with Crippen LogP contribution in [0.5, 0.6) is 0 Å². The highest BCUT2D eigenvalue weighted by molar-refractivity contribution is 7.88. The van der Waals surface area contributed by atoms with Crippen molar-refractivity contribution in [1.29, 1.82) is 0 Å². The Labute approximate surface area is 131 Å². The summed E-state index contributed by atoms with van der Waals surface area (Å²) in [5.74, 6) is 0.401. The number of nitrogens with zero attached hydrogens (tertiary/aromatic N) is 2. The van der Waals surface area contributed by atoms with E-state index in [2.05, 4.69) is 9.88 Å². The molecule has 7 nitrogen and oxygen atoms in total. The molecule has 0 saturated carbocycles. The number of rotatable bonds is 5. The number of nitrogens with one attached hydrogen (secondary N) is 1. The number of carbonyl (C=O) groups is 1. The summed E-state index contributed by atoms with van der Waals surface area (Å²) in [6, 6.07) is -0.130. The van der Waals surface area contributed by atoms with Crippen LogP contribution in [0, 0.1) is 6.92 Å². The van der Waals surface area contributed by atoms with Gasteiger partial charge < -0.3 is 9.42 Å². The zero-order valence-corrected chi connectivity index (χ0v) is 14.1. The van der Waals surface area contributed by atoms with E-state index in [1.54, 1.807) is 11.8 Å². The van der Waals surface area contributed by atoms with Crippen molar-refractivity contribution < 1.29 is 17.7 Å². The third-order valence-electron chi connectivity index (χ3n) is 3.95. The van der Waals surface area contributed by atoms with Crippen LogP contribution in [0.15, 0.2) is 4.52 Å². The van der Waals surface area contributed by atoms with Gasteiger partial charge in [-0.3, -0.25) is 4.79 Å². The first-order chi connectivity index (χ1) is 10.3. The number of amides is 1. The lowest BCUT2D eigenvalue weighted by Crippen LogP contribution is -2.49. The summed E-state index contributed by atoms with van der Waals surface area (Å²) < 4.78 is 30.2. The van der Waals surface area contributed by atoms with Crippen LogP contribution in [0.3, 0.4) is 0 Å². The maximum Gasteiger partial charge on any atom is 0.259 e. The predicted molar refractivity (Wildman–Crippen MR) is 82.1 cm³/mol. The Bertz CT molecular complexity index is 639. The monoisotopic (exact) mass is 329 g/mol. The minimum atomic E-state index is -3.27. The summed E-state index contributed by atoms with van der Waals surface area (Å²) >= 11 is 0. The molecule has 124 valence electrons. The maximum atomic E-state index is 12.8. The second-order valence-electron chi connectivity index (χ2n) is 5.68. The molecule has 1 aliphatic rings. The largest absolute Gasteiger partial charge is 0.361 e. The molecule has 22 heavy (non-hydrogen) atoms. The molecule has 1 aliphatic heterocycles. The van der Waals surface area contributed by atoms with E-state index in [1.165, 1.54) is 0 Å². The van der Waals surface area contributed by atoms with Gasteiger partial charge in [0.15, 0.2) is 0 Å². The van der Waals surface area contributed by atoms with Gasteiger partial charge in [0.05, 0.1) is 11.9 Å². The highest BCUT2D eigenvalue weighted by Crippen LogP contribution is 2.23. The van der Waals surface area contributed by atoms with Gasteiger partial charge in [-0.25, -0.2) is 13.1 Å². The number of sulfonamides is 1. The predicted octanol–water partition coefficient (Wildman–Crippen LogP) is 1.09. The number of likely N-dealkylation sites (tertiary alicyclic amines) is 1. The topological polar surface area (TPSA) is 92.5 Å². The van der Waals surface area contributed by atoms with Gasteiger partial charge in [-0.05, 0) is 32.6 Å². The Morgan fingerprint density at radius 3 is 2.82 bits per heavy atom. The Morgan fingerprint density at radius 1 is 1.45 bits per heavy atom. The Morgan fingerprint density at radius 2 is 2.18 bits per heavy atom. The lowest BCUT2D eigenvalue weighted by Gasteiger charge is -2.35. The van der Waals surface area contributed by atoms with Gasteiger partial charge in [0.2, 0.25) is 10.0 Å². The first-order valence-electron chi connectivity index (χ1n) is 7.54. The Hall–Kier alpha value is -1.41. The summed E-state index contributed by atoms with van der Waals surface area (Å²) in [5, 5.41) is 3.93. The molecule has 0 aliphatic carbocycles. The lowest BCUT2D eigenvalue weighted by molar-refractivity contribution is 0.0616. The molecular formula is C14H23N3O4S. The fourth-order valence-corrected chi connectivity index (χ4v) is 3.30. The number of hydrogen-bond acceptors (Lipinski definition) is 5. The number of carbonyl (C=O) groups excluding carboxylic acids is 1. The molecule has 1 N–H and O–H groups in total. The molecule has 0 spiro atoms. The van der Waals surface area contributed by atoms with Crippen LogP contribution in [0.4, 0.5) is 0 Å². The highest BCUT2D eigenvalue weighted by Gasteiger charge is 2.31. The smallest absolute Gasteiger partial charge is 0.259 e. The van der Waals surface area contributed by atoms with Crippen molar-refractivity contribution in [3.63, 3.8) is 0 Å². The standard InChI is InChI=1S/C14H23N3O4S/c1-4-12-13(10(2)21-16-12)14(18)17-8-6-5-7-11(17)9-15-22(3,19)20/h11,15H,4-9H2,1-3H3/t11-/m0/s1. The van der Waals surface area contributed by atoms with Gasteiger partial charge in [-0.1, -0.05) is 12.1 Å². The van der Waals surface area contributed by atoms with Crippen molar-refractivity contribution in [1.82, 2.24) is 14.8 Å². The quantitative estimate of drug-likeness (QED) is 0.873.